The average molecular weight is 237 g/mol. The Labute approximate surface area is 89.9 Å². The van der Waals surface area contributed by atoms with Crippen molar-refractivity contribution >= 4 is 17.4 Å². The minimum atomic E-state index is -4.42. The van der Waals surface area contributed by atoms with Crippen LogP contribution in [0.25, 0.3) is 0 Å². The highest BCUT2D eigenvalue weighted by Gasteiger charge is 2.34. The number of hydrogen-bond donors (Lipinski definition) is 0. The second-order valence-electron chi connectivity index (χ2n) is 3.02. The fourth-order valence-corrected chi connectivity index (χ4v) is 1.38. The summed E-state index contributed by atoms with van der Waals surface area (Å²) in [5.74, 6) is -0.699. The summed E-state index contributed by atoms with van der Waals surface area (Å²) in [5.41, 5.74) is 0.196. The molecule has 0 saturated heterocycles. The maximum Gasteiger partial charge on any atom is 0.390 e. The second-order valence-corrected chi connectivity index (χ2v) is 3.54. The lowest BCUT2D eigenvalue weighted by Crippen LogP contribution is -2.22. The molecule has 0 spiro atoms. The standard InChI is InChI=1S/C10H8ClF3O/c11-8(6-10(12,13)14)9(15)7-4-2-1-3-5-7/h1-5,8H,6H2. The van der Waals surface area contributed by atoms with E-state index >= 15 is 0 Å². The molecule has 1 rings (SSSR count). The topological polar surface area (TPSA) is 17.1 Å². The van der Waals surface area contributed by atoms with Crippen LogP contribution in [-0.4, -0.2) is 17.3 Å². The molecule has 1 unspecified atom stereocenters. The number of carbonyl (C=O) groups is 1. The normalized spacial score (nSPS) is 13.6. The van der Waals surface area contributed by atoms with Gasteiger partial charge in [0.25, 0.3) is 0 Å². The van der Waals surface area contributed by atoms with Crippen LogP contribution in [0.3, 0.4) is 0 Å². The van der Waals surface area contributed by atoms with Crippen molar-refractivity contribution in [3.8, 4) is 0 Å². The summed E-state index contributed by atoms with van der Waals surface area (Å²) in [6.45, 7) is 0. The van der Waals surface area contributed by atoms with Gasteiger partial charge in [0, 0.05) is 5.56 Å². The highest BCUT2D eigenvalue weighted by molar-refractivity contribution is 6.33. The maximum atomic E-state index is 11.9. The van der Waals surface area contributed by atoms with Crippen LogP contribution in [0, 0.1) is 0 Å². The smallest absolute Gasteiger partial charge is 0.293 e. The third kappa shape index (κ3) is 3.91. The molecular formula is C10H8ClF3O. The van der Waals surface area contributed by atoms with Crippen molar-refractivity contribution in [2.75, 3.05) is 0 Å². The van der Waals surface area contributed by atoms with Crippen molar-refractivity contribution in [3.63, 3.8) is 0 Å². The van der Waals surface area contributed by atoms with Gasteiger partial charge in [0.15, 0.2) is 5.78 Å². The van der Waals surface area contributed by atoms with Gasteiger partial charge >= 0.3 is 6.18 Å². The zero-order chi connectivity index (χ0) is 11.5. The quantitative estimate of drug-likeness (QED) is 0.581. The molecule has 5 heteroatoms. The summed E-state index contributed by atoms with van der Waals surface area (Å²) in [6, 6.07) is 7.70. The zero-order valence-electron chi connectivity index (χ0n) is 7.59. The van der Waals surface area contributed by atoms with E-state index in [1.807, 2.05) is 0 Å². The average Bonchev–Trinajstić information content (AvgIpc) is 2.15. The molecule has 0 N–H and O–H groups in total. The molecule has 0 fully saturated rings. The molecule has 0 heterocycles. The zero-order valence-corrected chi connectivity index (χ0v) is 8.35. The van der Waals surface area contributed by atoms with Crippen LogP contribution < -0.4 is 0 Å². The molecule has 15 heavy (non-hydrogen) atoms. The van der Waals surface area contributed by atoms with Gasteiger partial charge in [-0.1, -0.05) is 30.3 Å². The summed E-state index contributed by atoms with van der Waals surface area (Å²) in [5, 5.41) is -1.55. The lowest BCUT2D eigenvalue weighted by atomic mass is 10.1. The Bertz CT molecular complexity index is 334. The fourth-order valence-electron chi connectivity index (χ4n) is 1.08. The van der Waals surface area contributed by atoms with E-state index in [4.69, 9.17) is 11.6 Å². The van der Waals surface area contributed by atoms with Gasteiger partial charge < -0.3 is 0 Å². The van der Waals surface area contributed by atoms with E-state index in [9.17, 15) is 18.0 Å². The lowest BCUT2D eigenvalue weighted by molar-refractivity contribution is -0.132. The van der Waals surface area contributed by atoms with Gasteiger partial charge in [0.1, 0.15) is 5.38 Å². The number of hydrogen-bond acceptors (Lipinski definition) is 1. The maximum absolute atomic E-state index is 11.9. The highest BCUT2D eigenvalue weighted by atomic mass is 35.5. The third-order valence-corrected chi connectivity index (χ3v) is 2.11. The molecule has 1 atom stereocenters. The lowest BCUT2D eigenvalue weighted by Gasteiger charge is -2.10. The largest absolute Gasteiger partial charge is 0.390 e. The first-order chi connectivity index (χ1) is 6.90. The van der Waals surface area contributed by atoms with Crippen molar-refractivity contribution in [2.45, 2.75) is 18.0 Å². The highest BCUT2D eigenvalue weighted by Crippen LogP contribution is 2.25. The number of halogens is 4. The van der Waals surface area contributed by atoms with E-state index in [0.717, 1.165) is 0 Å². The van der Waals surface area contributed by atoms with Gasteiger partial charge in [-0.05, 0) is 0 Å². The molecule has 0 bridgehead atoms. The first-order valence-corrected chi connectivity index (χ1v) is 4.64. The van der Waals surface area contributed by atoms with Crippen LogP contribution in [0.5, 0.6) is 0 Å². The van der Waals surface area contributed by atoms with Crippen molar-refractivity contribution in [1.82, 2.24) is 0 Å². The molecular weight excluding hydrogens is 229 g/mol. The molecule has 0 radical (unpaired) electrons. The Kier molecular flexibility index (Phi) is 3.74. The Morgan fingerprint density at radius 2 is 1.80 bits per heavy atom. The molecule has 0 aliphatic carbocycles. The molecule has 0 aliphatic rings. The van der Waals surface area contributed by atoms with Gasteiger partial charge in [0.2, 0.25) is 0 Å². The van der Waals surface area contributed by atoms with Gasteiger partial charge in [-0.25, -0.2) is 0 Å². The number of benzene rings is 1. The van der Waals surface area contributed by atoms with Crippen LogP contribution in [0.4, 0.5) is 13.2 Å². The summed E-state index contributed by atoms with van der Waals surface area (Å²) in [7, 11) is 0. The van der Waals surface area contributed by atoms with E-state index in [0.29, 0.717) is 0 Å². The summed E-state index contributed by atoms with van der Waals surface area (Å²) >= 11 is 5.38. The van der Waals surface area contributed by atoms with Crippen LogP contribution >= 0.6 is 11.6 Å². The first kappa shape index (κ1) is 12.0. The van der Waals surface area contributed by atoms with Crippen molar-refractivity contribution in [2.24, 2.45) is 0 Å². The van der Waals surface area contributed by atoms with E-state index in [1.165, 1.54) is 12.1 Å². The van der Waals surface area contributed by atoms with Crippen LogP contribution in [0.15, 0.2) is 30.3 Å². The van der Waals surface area contributed by atoms with Crippen LogP contribution in [-0.2, 0) is 0 Å². The SMILES string of the molecule is O=C(c1ccccc1)C(Cl)CC(F)(F)F. The third-order valence-electron chi connectivity index (χ3n) is 1.75. The van der Waals surface area contributed by atoms with Crippen molar-refractivity contribution in [1.29, 1.82) is 0 Å². The Morgan fingerprint density at radius 1 is 1.27 bits per heavy atom. The van der Waals surface area contributed by atoms with Crippen molar-refractivity contribution < 1.29 is 18.0 Å². The molecule has 0 amide bonds. The molecule has 0 aliphatic heterocycles. The molecule has 1 aromatic carbocycles. The minimum absolute atomic E-state index is 0.196. The predicted molar refractivity (Wildman–Crippen MR) is 51.1 cm³/mol. The van der Waals surface area contributed by atoms with Crippen molar-refractivity contribution in [3.05, 3.63) is 35.9 Å². The summed E-state index contributed by atoms with van der Waals surface area (Å²) in [4.78, 5) is 11.4. The van der Waals surface area contributed by atoms with E-state index in [1.54, 1.807) is 18.2 Å². The fraction of sp³-hybridized carbons (Fsp3) is 0.300. The molecule has 0 aromatic heterocycles. The summed E-state index contributed by atoms with van der Waals surface area (Å²) in [6.07, 6.45) is -5.72. The van der Waals surface area contributed by atoms with E-state index < -0.39 is 23.8 Å². The minimum Gasteiger partial charge on any atom is -0.293 e. The van der Waals surface area contributed by atoms with E-state index in [-0.39, 0.29) is 5.56 Å². The molecule has 1 nitrogen and oxygen atoms in total. The number of carbonyl (C=O) groups excluding carboxylic acids is 1. The number of rotatable bonds is 3. The summed E-state index contributed by atoms with van der Waals surface area (Å²) < 4.78 is 35.8. The Balaban J connectivity index is 2.70. The first-order valence-electron chi connectivity index (χ1n) is 4.20. The predicted octanol–water partition coefficient (Wildman–Crippen LogP) is 3.43. The van der Waals surface area contributed by atoms with E-state index in [2.05, 4.69) is 0 Å². The molecule has 0 saturated carbocycles. The van der Waals surface area contributed by atoms with Gasteiger partial charge in [-0.3, -0.25) is 4.79 Å². The number of ketones is 1. The van der Waals surface area contributed by atoms with Gasteiger partial charge in [-0.2, -0.15) is 13.2 Å². The van der Waals surface area contributed by atoms with Gasteiger partial charge in [0.05, 0.1) is 6.42 Å². The second kappa shape index (κ2) is 4.66. The molecule has 82 valence electrons. The van der Waals surface area contributed by atoms with Gasteiger partial charge in [-0.15, -0.1) is 11.6 Å². The molecule has 1 aromatic rings. The Morgan fingerprint density at radius 3 is 2.27 bits per heavy atom. The Hall–Kier alpha value is -1.03. The van der Waals surface area contributed by atoms with Crippen LogP contribution in [0.1, 0.15) is 16.8 Å². The monoisotopic (exact) mass is 236 g/mol. The number of Topliss-reactive ketones (excluding diaryl/α,β-unsaturated/α-hetero) is 1. The van der Waals surface area contributed by atoms with Crippen LogP contribution in [0.2, 0.25) is 0 Å². The number of alkyl halides is 4.